The molecule has 1 aromatic carbocycles. The Bertz CT molecular complexity index is 1080. The minimum Gasteiger partial charge on any atom is -0.478 e. The Balaban J connectivity index is 3.63. The molecule has 0 saturated carbocycles. The second kappa shape index (κ2) is 9.37. The van der Waals surface area contributed by atoms with Crippen LogP contribution in [0, 0.1) is 0 Å². The number of carboxylic acids is 1. The summed E-state index contributed by atoms with van der Waals surface area (Å²) in [5, 5.41) is 8.74. The number of carboxylic acid groups (broad SMARTS) is 1. The van der Waals surface area contributed by atoms with Crippen LogP contribution in [0.5, 0.6) is 5.75 Å². The summed E-state index contributed by atoms with van der Waals surface area (Å²) in [6.07, 6.45) is -7.82. The van der Waals surface area contributed by atoms with Crippen LogP contribution in [0.2, 0.25) is 0 Å². The number of hydrogen-bond donors (Lipinski definition) is 1. The summed E-state index contributed by atoms with van der Waals surface area (Å²) in [4.78, 5) is 10.8. The van der Waals surface area contributed by atoms with Crippen molar-refractivity contribution in [2.75, 3.05) is 0 Å². The normalized spacial score (nSPS) is 15.4. The van der Waals surface area contributed by atoms with E-state index in [4.69, 9.17) is 5.11 Å². The van der Waals surface area contributed by atoms with Gasteiger partial charge in [0, 0.05) is 4.47 Å². The molecule has 21 heteroatoms. The summed E-state index contributed by atoms with van der Waals surface area (Å²) in [6.45, 7) is 0. The van der Waals surface area contributed by atoms with Crippen molar-refractivity contribution in [2.45, 2.75) is 41.7 Å². The first-order valence-corrected chi connectivity index (χ1v) is 9.01. The van der Waals surface area contributed by atoms with E-state index < -0.39 is 75.3 Å². The Morgan fingerprint density at radius 1 is 0.676 bits per heavy atom. The van der Waals surface area contributed by atoms with Gasteiger partial charge in [-0.1, -0.05) is 15.9 Å². The Morgan fingerprint density at radius 3 is 1.49 bits per heavy atom. The van der Waals surface area contributed by atoms with Gasteiger partial charge in [-0.15, -0.1) is 0 Å². The third kappa shape index (κ3) is 5.01. The number of rotatable bonds is 9. The molecule has 0 bridgehead atoms. The Hall–Kier alpha value is -2.48. The smallest absolute Gasteiger partial charge is 0.460 e. The summed E-state index contributed by atoms with van der Waals surface area (Å²) in [5.74, 6) is -57.9. The zero-order valence-electron chi connectivity index (χ0n) is 16.3. The Morgan fingerprint density at radius 2 is 1.08 bits per heavy atom. The summed E-state index contributed by atoms with van der Waals surface area (Å²) in [5.41, 5.74) is -0.895. The molecular weight excluding hydrogens is 643 g/mol. The van der Waals surface area contributed by atoms with Crippen molar-refractivity contribution in [3.05, 3.63) is 40.1 Å². The fraction of sp³-hybridized carbons (Fsp3) is 0.438. The van der Waals surface area contributed by atoms with Crippen LogP contribution in [0.1, 0.15) is 10.4 Å². The average molecular weight is 647 g/mol. The van der Waals surface area contributed by atoms with Crippen molar-refractivity contribution < 1.29 is 89.3 Å². The van der Waals surface area contributed by atoms with E-state index >= 15 is 0 Å². The Kier molecular flexibility index (Phi) is 8.24. The molecule has 3 nitrogen and oxygen atoms in total. The molecule has 37 heavy (non-hydrogen) atoms. The maximum Gasteiger partial charge on any atom is 0.460 e. The van der Waals surface area contributed by atoms with E-state index in [2.05, 4.69) is 20.7 Å². The van der Waals surface area contributed by atoms with E-state index in [-0.39, 0.29) is 6.07 Å². The highest BCUT2D eigenvalue weighted by Crippen LogP contribution is 2.63. The van der Waals surface area contributed by atoms with Gasteiger partial charge in [0.1, 0.15) is 5.75 Å². The lowest BCUT2D eigenvalue weighted by Gasteiger charge is -2.41. The molecule has 0 saturated heterocycles. The van der Waals surface area contributed by atoms with E-state index in [1.54, 1.807) is 0 Å². The molecule has 0 aliphatic rings. The number of benzene rings is 1. The quantitative estimate of drug-likeness (QED) is 0.218. The van der Waals surface area contributed by atoms with Gasteiger partial charge in [-0.3, -0.25) is 0 Å². The average Bonchev–Trinajstić information content (AvgIpc) is 2.70. The molecule has 1 aromatic rings. The first-order chi connectivity index (χ1) is 16.1. The number of hydrogen-bond acceptors (Lipinski definition) is 2. The molecule has 1 rings (SSSR count). The van der Waals surface area contributed by atoms with Crippen LogP contribution in [0.3, 0.4) is 0 Å². The SMILES string of the molecule is O=C(O)c1cc(Br)cc(OC(F)=C(F)C(F)(F)C(F)(F)C(F)(F)C(F)(F)C(F)(F)C(F)(F)C(F)(F)F)c1. The van der Waals surface area contributed by atoms with Crippen molar-refractivity contribution in [1.82, 2.24) is 0 Å². The summed E-state index contributed by atoms with van der Waals surface area (Å²) in [7, 11) is 0. The van der Waals surface area contributed by atoms with E-state index in [9.17, 15) is 79.4 Å². The molecule has 0 amide bonds. The van der Waals surface area contributed by atoms with Crippen LogP contribution in [-0.2, 0) is 0 Å². The number of carbonyl (C=O) groups is 1. The van der Waals surface area contributed by atoms with Gasteiger partial charge in [-0.2, -0.15) is 74.6 Å². The maximum absolute atomic E-state index is 13.7. The maximum atomic E-state index is 13.7. The van der Waals surface area contributed by atoms with E-state index in [1.165, 1.54) is 0 Å². The van der Waals surface area contributed by atoms with Crippen LogP contribution in [0.4, 0.5) is 74.6 Å². The number of allylic oxidation sites excluding steroid dienone is 1. The molecule has 0 aromatic heterocycles. The number of halogens is 18. The molecule has 0 radical (unpaired) electrons. The van der Waals surface area contributed by atoms with Crippen molar-refractivity contribution in [3.8, 4) is 5.75 Å². The largest absolute Gasteiger partial charge is 0.478 e. The van der Waals surface area contributed by atoms with Crippen molar-refractivity contribution in [2.24, 2.45) is 0 Å². The first-order valence-electron chi connectivity index (χ1n) is 8.22. The van der Waals surface area contributed by atoms with Gasteiger partial charge in [0.15, 0.2) is 0 Å². The van der Waals surface area contributed by atoms with Gasteiger partial charge in [0.05, 0.1) is 5.56 Å². The third-order valence-electron chi connectivity index (χ3n) is 4.10. The molecule has 0 atom stereocenters. The highest BCUT2D eigenvalue weighted by molar-refractivity contribution is 9.10. The second-order valence-corrected chi connectivity index (χ2v) is 7.53. The van der Waals surface area contributed by atoms with Gasteiger partial charge in [-0.25, -0.2) is 4.79 Å². The zero-order valence-corrected chi connectivity index (χ0v) is 17.9. The summed E-state index contributed by atoms with van der Waals surface area (Å²) < 4.78 is 227. The van der Waals surface area contributed by atoms with E-state index in [1.807, 2.05) is 0 Å². The first kappa shape index (κ1) is 32.5. The Labute approximate surface area is 199 Å². The molecule has 0 unspecified atom stereocenters. The molecular formula is C16H4BrF17O3. The molecule has 1 N–H and O–H groups in total. The van der Waals surface area contributed by atoms with Crippen molar-refractivity contribution in [3.63, 3.8) is 0 Å². The van der Waals surface area contributed by atoms with Crippen molar-refractivity contribution >= 4 is 21.9 Å². The topological polar surface area (TPSA) is 46.5 Å². The predicted molar refractivity (Wildman–Crippen MR) is 86.7 cm³/mol. The molecule has 0 aliphatic carbocycles. The fourth-order valence-corrected chi connectivity index (χ4v) is 2.59. The van der Waals surface area contributed by atoms with Crippen LogP contribution in [0.15, 0.2) is 34.5 Å². The van der Waals surface area contributed by atoms with Crippen LogP contribution < -0.4 is 4.74 Å². The van der Waals surface area contributed by atoms with Crippen LogP contribution in [0.25, 0.3) is 0 Å². The zero-order chi connectivity index (χ0) is 29.8. The highest BCUT2D eigenvalue weighted by atomic mass is 79.9. The fourth-order valence-electron chi connectivity index (χ4n) is 2.12. The predicted octanol–water partition coefficient (Wildman–Crippen LogP) is 8.01. The molecule has 212 valence electrons. The summed E-state index contributed by atoms with van der Waals surface area (Å²) >= 11 is 2.54. The van der Waals surface area contributed by atoms with Gasteiger partial charge in [0.2, 0.25) is 5.83 Å². The standard InChI is InChI=1S/C16H4BrF17O3/c17-5-1-4(9(35)36)2-6(3-5)37-8(19)7(18)10(20,21)11(22,23)12(24,25)13(26,27)14(28,29)15(30,31)16(32,33)34/h1-3H,(H,35,36). The third-order valence-corrected chi connectivity index (χ3v) is 4.56. The summed E-state index contributed by atoms with van der Waals surface area (Å²) in [6, 6.07) is -2.39. The van der Waals surface area contributed by atoms with Gasteiger partial charge < -0.3 is 9.84 Å². The number of alkyl halides is 15. The lowest BCUT2D eigenvalue weighted by atomic mass is 9.91. The molecule has 0 aliphatic heterocycles. The minimum absolute atomic E-state index is 0.179. The lowest BCUT2D eigenvalue weighted by Crippen LogP contribution is -2.72. The van der Waals surface area contributed by atoms with Crippen molar-refractivity contribution in [1.29, 1.82) is 0 Å². The van der Waals surface area contributed by atoms with E-state index in [0.717, 1.165) is 0 Å². The van der Waals surface area contributed by atoms with E-state index in [0.29, 0.717) is 12.1 Å². The van der Waals surface area contributed by atoms with Gasteiger partial charge in [-0.05, 0) is 18.2 Å². The molecule has 0 spiro atoms. The minimum atomic E-state index is -8.69. The lowest BCUT2D eigenvalue weighted by molar-refractivity contribution is -0.451. The second-order valence-electron chi connectivity index (χ2n) is 6.61. The molecule has 0 fully saturated rings. The van der Waals surface area contributed by atoms with Crippen LogP contribution in [-0.4, -0.2) is 52.8 Å². The van der Waals surface area contributed by atoms with Gasteiger partial charge >= 0.3 is 53.7 Å². The highest BCUT2D eigenvalue weighted by Gasteiger charge is 2.93. The van der Waals surface area contributed by atoms with Crippen LogP contribution >= 0.6 is 15.9 Å². The number of ether oxygens (including phenoxy) is 1. The monoisotopic (exact) mass is 646 g/mol. The number of aromatic carboxylic acids is 1. The molecule has 0 heterocycles. The van der Waals surface area contributed by atoms with Gasteiger partial charge in [0.25, 0.3) is 0 Å².